The number of hydrazine groups is 1. The van der Waals surface area contributed by atoms with Crippen LogP contribution in [0.4, 0.5) is 5.69 Å². The van der Waals surface area contributed by atoms with Crippen molar-refractivity contribution in [2.45, 2.75) is 0 Å². The normalized spacial score (nSPS) is 9.21. The highest BCUT2D eigenvalue weighted by Crippen LogP contribution is 2.10. The molecule has 0 unspecified atom stereocenters. The predicted molar refractivity (Wildman–Crippen MR) is 58.6 cm³/mol. The first-order chi connectivity index (χ1) is 6.40. The fourth-order valence-corrected chi connectivity index (χ4v) is 1.13. The zero-order valence-corrected chi connectivity index (χ0v) is 8.24. The summed E-state index contributed by atoms with van der Waals surface area (Å²) in [5, 5.41) is 4.11. The van der Waals surface area contributed by atoms with Gasteiger partial charge in [0.1, 0.15) is 0 Å². The molecule has 0 radical (unpaired) electrons. The van der Waals surface area contributed by atoms with Crippen molar-refractivity contribution < 1.29 is 0 Å². The number of anilines is 1. The summed E-state index contributed by atoms with van der Waals surface area (Å²) in [6.07, 6.45) is 3.64. The first-order valence-electron chi connectivity index (χ1n) is 3.97. The second-order valence-electron chi connectivity index (χ2n) is 2.64. The van der Waals surface area contributed by atoms with Gasteiger partial charge in [-0.15, -0.1) is 12.4 Å². The molecular weight excluding hydrogens is 200 g/mol. The van der Waals surface area contributed by atoms with E-state index in [1.807, 2.05) is 36.5 Å². The topological polar surface area (TPSA) is 55.9 Å². The van der Waals surface area contributed by atoms with E-state index >= 15 is 0 Å². The second-order valence-corrected chi connectivity index (χ2v) is 2.64. The molecule has 5 heteroatoms. The maximum atomic E-state index is 5.25. The summed E-state index contributed by atoms with van der Waals surface area (Å²) < 4.78 is 1.79. The Labute approximate surface area is 88.1 Å². The maximum absolute atomic E-state index is 5.25. The van der Waals surface area contributed by atoms with Crippen molar-refractivity contribution in [3.8, 4) is 5.69 Å². The molecule has 0 saturated carbocycles. The molecule has 0 atom stereocenters. The minimum atomic E-state index is 0. The first kappa shape index (κ1) is 10.6. The van der Waals surface area contributed by atoms with Gasteiger partial charge >= 0.3 is 0 Å². The lowest BCUT2D eigenvalue weighted by atomic mass is 10.3. The first-order valence-corrected chi connectivity index (χ1v) is 3.97. The molecule has 1 aromatic carbocycles. The molecule has 2 aromatic rings. The third-order valence-electron chi connectivity index (χ3n) is 1.80. The number of nitrogens with one attached hydrogen (secondary N) is 1. The van der Waals surface area contributed by atoms with Crippen LogP contribution < -0.4 is 11.3 Å². The summed E-state index contributed by atoms with van der Waals surface area (Å²) in [6, 6.07) is 9.58. The lowest BCUT2D eigenvalue weighted by molar-refractivity contribution is 0.880. The Hall–Kier alpha value is -1.52. The van der Waals surface area contributed by atoms with Gasteiger partial charge in [0.05, 0.1) is 5.69 Å². The van der Waals surface area contributed by atoms with Crippen molar-refractivity contribution in [2.75, 3.05) is 5.43 Å². The highest BCUT2D eigenvalue weighted by Gasteiger charge is 1.94. The molecule has 1 heterocycles. The Morgan fingerprint density at radius 2 is 1.93 bits per heavy atom. The number of nitrogen functional groups attached to an aromatic ring is 1. The van der Waals surface area contributed by atoms with E-state index in [-0.39, 0.29) is 12.4 Å². The molecular formula is C9H11ClN4. The number of halogens is 1. The largest absolute Gasteiger partial charge is 0.324 e. The summed E-state index contributed by atoms with van der Waals surface area (Å²) in [7, 11) is 0. The van der Waals surface area contributed by atoms with Gasteiger partial charge in [-0.3, -0.25) is 5.84 Å². The Bertz CT molecular complexity index is 368. The third-order valence-corrected chi connectivity index (χ3v) is 1.80. The summed E-state index contributed by atoms with van der Waals surface area (Å²) in [5.74, 6) is 5.25. The van der Waals surface area contributed by atoms with Crippen molar-refractivity contribution >= 4 is 18.1 Å². The van der Waals surface area contributed by atoms with Crippen LogP contribution in [0.1, 0.15) is 0 Å². The number of hydrogen-bond acceptors (Lipinski definition) is 3. The van der Waals surface area contributed by atoms with Crippen LogP contribution in [0, 0.1) is 0 Å². The zero-order valence-electron chi connectivity index (χ0n) is 7.42. The maximum Gasteiger partial charge on any atom is 0.0647 e. The molecule has 0 amide bonds. The molecule has 0 bridgehead atoms. The Kier molecular flexibility index (Phi) is 3.50. The van der Waals surface area contributed by atoms with Crippen molar-refractivity contribution in [1.29, 1.82) is 0 Å². The van der Waals surface area contributed by atoms with Gasteiger partial charge in [0.15, 0.2) is 0 Å². The number of benzene rings is 1. The standard InChI is InChI=1S/C9H10N4.ClH/c10-12-8-2-4-9(5-3-8)13-7-1-6-11-13;/h1-7,12H,10H2;1H. The van der Waals surface area contributed by atoms with Gasteiger partial charge in [0, 0.05) is 18.1 Å². The van der Waals surface area contributed by atoms with E-state index in [2.05, 4.69) is 10.5 Å². The number of rotatable bonds is 2. The van der Waals surface area contributed by atoms with E-state index in [0.717, 1.165) is 11.4 Å². The zero-order chi connectivity index (χ0) is 9.10. The van der Waals surface area contributed by atoms with Crippen molar-refractivity contribution in [3.63, 3.8) is 0 Å². The van der Waals surface area contributed by atoms with Crippen LogP contribution in [0.25, 0.3) is 5.69 Å². The summed E-state index contributed by atoms with van der Waals surface area (Å²) in [4.78, 5) is 0. The molecule has 1 aromatic heterocycles. The van der Waals surface area contributed by atoms with E-state index in [4.69, 9.17) is 5.84 Å². The molecule has 2 rings (SSSR count). The minimum absolute atomic E-state index is 0. The van der Waals surface area contributed by atoms with Crippen LogP contribution in [0.3, 0.4) is 0 Å². The van der Waals surface area contributed by atoms with Gasteiger partial charge in [-0.05, 0) is 30.3 Å². The highest BCUT2D eigenvalue weighted by atomic mass is 35.5. The van der Waals surface area contributed by atoms with Crippen LogP contribution >= 0.6 is 12.4 Å². The molecule has 0 aliphatic heterocycles. The molecule has 3 N–H and O–H groups in total. The van der Waals surface area contributed by atoms with Crippen LogP contribution in [-0.4, -0.2) is 9.78 Å². The third kappa shape index (κ3) is 2.04. The molecule has 0 spiro atoms. The van der Waals surface area contributed by atoms with Crippen molar-refractivity contribution in [2.24, 2.45) is 5.84 Å². The van der Waals surface area contributed by atoms with E-state index in [0.29, 0.717) is 0 Å². The van der Waals surface area contributed by atoms with E-state index in [9.17, 15) is 0 Å². The molecule has 0 fully saturated rings. The predicted octanol–water partition coefficient (Wildman–Crippen LogP) is 1.58. The average molecular weight is 211 g/mol. The smallest absolute Gasteiger partial charge is 0.0647 e. The second kappa shape index (κ2) is 4.64. The van der Waals surface area contributed by atoms with Crippen LogP contribution in [0.2, 0.25) is 0 Å². The Balaban J connectivity index is 0.000000980. The van der Waals surface area contributed by atoms with Gasteiger partial charge in [0.25, 0.3) is 0 Å². The molecule has 0 aliphatic carbocycles. The summed E-state index contributed by atoms with van der Waals surface area (Å²) >= 11 is 0. The van der Waals surface area contributed by atoms with Crippen molar-refractivity contribution in [3.05, 3.63) is 42.7 Å². The molecule has 0 aliphatic rings. The monoisotopic (exact) mass is 210 g/mol. The van der Waals surface area contributed by atoms with Gasteiger partial charge in [-0.25, -0.2) is 4.68 Å². The van der Waals surface area contributed by atoms with E-state index in [1.165, 1.54) is 0 Å². The molecule has 0 saturated heterocycles. The van der Waals surface area contributed by atoms with E-state index in [1.54, 1.807) is 10.9 Å². The number of aromatic nitrogens is 2. The number of hydrogen-bond donors (Lipinski definition) is 2. The average Bonchev–Trinajstić information content (AvgIpc) is 2.71. The summed E-state index contributed by atoms with van der Waals surface area (Å²) in [5.41, 5.74) is 4.47. The Morgan fingerprint density at radius 3 is 2.43 bits per heavy atom. The fraction of sp³-hybridized carbons (Fsp3) is 0. The highest BCUT2D eigenvalue weighted by molar-refractivity contribution is 5.85. The van der Waals surface area contributed by atoms with Gasteiger partial charge in [0.2, 0.25) is 0 Å². The molecule has 4 nitrogen and oxygen atoms in total. The molecule has 74 valence electrons. The van der Waals surface area contributed by atoms with Gasteiger partial charge < -0.3 is 5.43 Å². The minimum Gasteiger partial charge on any atom is -0.324 e. The quantitative estimate of drug-likeness (QED) is 0.585. The van der Waals surface area contributed by atoms with Crippen LogP contribution in [-0.2, 0) is 0 Å². The fourth-order valence-electron chi connectivity index (χ4n) is 1.13. The van der Waals surface area contributed by atoms with E-state index < -0.39 is 0 Å². The Morgan fingerprint density at radius 1 is 1.21 bits per heavy atom. The summed E-state index contributed by atoms with van der Waals surface area (Å²) in [6.45, 7) is 0. The SMILES string of the molecule is Cl.NNc1ccc(-n2cccn2)cc1. The van der Waals surface area contributed by atoms with Crippen molar-refractivity contribution in [1.82, 2.24) is 9.78 Å². The van der Waals surface area contributed by atoms with Gasteiger partial charge in [-0.1, -0.05) is 0 Å². The van der Waals surface area contributed by atoms with Crippen LogP contribution in [0.15, 0.2) is 42.7 Å². The lowest BCUT2D eigenvalue weighted by Crippen LogP contribution is -2.06. The lowest BCUT2D eigenvalue weighted by Gasteiger charge is -2.02. The van der Waals surface area contributed by atoms with Gasteiger partial charge in [-0.2, -0.15) is 5.10 Å². The number of nitrogens with zero attached hydrogens (tertiary/aromatic N) is 2. The molecule has 14 heavy (non-hydrogen) atoms. The number of nitrogens with two attached hydrogens (primary N) is 1. The van der Waals surface area contributed by atoms with Crippen LogP contribution in [0.5, 0.6) is 0 Å².